The van der Waals surface area contributed by atoms with Crippen LogP contribution >= 0.6 is 0 Å². The zero-order valence-electron chi connectivity index (χ0n) is 7.98. The van der Waals surface area contributed by atoms with Crippen LogP contribution < -0.4 is 5.32 Å². The average Bonchev–Trinajstić information content (AvgIpc) is 2.47. The van der Waals surface area contributed by atoms with Gasteiger partial charge in [0.15, 0.2) is 0 Å². The summed E-state index contributed by atoms with van der Waals surface area (Å²) >= 11 is 0. The Hall–Kier alpha value is -0.970. The van der Waals surface area contributed by atoms with E-state index in [0.717, 1.165) is 6.07 Å². The normalized spacial score (nSPS) is 12.4. The van der Waals surface area contributed by atoms with Crippen LogP contribution in [0.25, 0.3) is 0 Å². The van der Waals surface area contributed by atoms with Crippen LogP contribution in [0.15, 0.2) is 16.5 Å². The third-order valence-electron chi connectivity index (χ3n) is 1.63. The van der Waals surface area contributed by atoms with Crippen LogP contribution in [0.1, 0.15) is 25.4 Å². The van der Waals surface area contributed by atoms with Crippen molar-refractivity contribution in [3.8, 4) is 0 Å². The SMILES string of the molecule is CC(C)NCc1ccc(C(F)(F)F)o1. The zero-order valence-corrected chi connectivity index (χ0v) is 7.98. The molecule has 0 atom stereocenters. The van der Waals surface area contributed by atoms with Crippen LogP contribution in [0, 0.1) is 0 Å². The van der Waals surface area contributed by atoms with E-state index in [2.05, 4.69) is 9.73 Å². The fourth-order valence-corrected chi connectivity index (χ4v) is 0.930. The Morgan fingerprint density at radius 1 is 1.36 bits per heavy atom. The van der Waals surface area contributed by atoms with Gasteiger partial charge in [-0.25, -0.2) is 0 Å². The lowest BCUT2D eigenvalue weighted by Crippen LogP contribution is -2.21. The molecule has 1 heterocycles. The van der Waals surface area contributed by atoms with Gasteiger partial charge in [0.2, 0.25) is 5.76 Å². The quantitative estimate of drug-likeness (QED) is 0.824. The summed E-state index contributed by atoms with van der Waals surface area (Å²) in [5.74, 6) is -0.649. The molecule has 1 aromatic rings. The zero-order chi connectivity index (χ0) is 10.8. The summed E-state index contributed by atoms with van der Waals surface area (Å²) in [6.45, 7) is 4.13. The van der Waals surface area contributed by atoms with Gasteiger partial charge >= 0.3 is 6.18 Å². The van der Waals surface area contributed by atoms with Crippen molar-refractivity contribution in [3.63, 3.8) is 0 Å². The molecule has 2 nitrogen and oxygen atoms in total. The standard InChI is InChI=1S/C9H12F3NO/c1-6(2)13-5-7-3-4-8(14-7)9(10,11)12/h3-4,6,13H,5H2,1-2H3. The molecule has 0 aromatic carbocycles. The van der Waals surface area contributed by atoms with Gasteiger partial charge in [-0.15, -0.1) is 0 Å². The first kappa shape index (κ1) is 11.1. The monoisotopic (exact) mass is 207 g/mol. The van der Waals surface area contributed by atoms with Gasteiger partial charge in [0.1, 0.15) is 5.76 Å². The van der Waals surface area contributed by atoms with E-state index in [9.17, 15) is 13.2 Å². The van der Waals surface area contributed by atoms with Gasteiger partial charge < -0.3 is 9.73 Å². The summed E-state index contributed by atoms with van der Waals surface area (Å²) in [6, 6.07) is 2.49. The van der Waals surface area contributed by atoms with E-state index in [1.165, 1.54) is 6.07 Å². The van der Waals surface area contributed by atoms with E-state index >= 15 is 0 Å². The molecule has 14 heavy (non-hydrogen) atoms. The van der Waals surface area contributed by atoms with Crippen LogP contribution in [0.5, 0.6) is 0 Å². The summed E-state index contributed by atoms with van der Waals surface area (Å²) in [7, 11) is 0. The molecule has 1 rings (SSSR count). The molecular weight excluding hydrogens is 195 g/mol. The molecule has 0 unspecified atom stereocenters. The highest BCUT2D eigenvalue weighted by molar-refractivity contribution is 5.09. The molecule has 0 saturated heterocycles. The van der Waals surface area contributed by atoms with Gasteiger partial charge in [-0.2, -0.15) is 13.2 Å². The minimum atomic E-state index is -4.39. The number of rotatable bonds is 3. The van der Waals surface area contributed by atoms with Crippen LogP contribution in [-0.2, 0) is 12.7 Å². The summed E-state index contributed by atoms with van der Waals surface area (Å²) in [5, 5.41) is 2.97. The Labute approximate surface area is 80.1 Å². The minimum absolute atomic E-state index is 0.217. The third-order valence-corrected chi connectivity index (χ3v) is 1.63. The smallest absolute Gasteiger partial charge is 0.449 e. The van der Waals surface area contributed by atoms with Crippen LogP contribution in [-0.4, -0.2) is 6.04 Å². The summed E-state index contributed by atoms with van der Waals surface area (Å²) in [6.07, 6.45) is -4.39. The Kier molecular flexibility index (Phi) is 3.21. The molecule has 0 saturated carbocycles. The number of alkyl halides is 3. The van der Waals surface area contributed by atoms with E-state index in [0.29, 0.717) is 12.3 Å². The molecule has 0 fully saturated rings. The topological polar surface area (TPSA) is 25.2 Å². The van der Waals surface area contributed by atoms with Gasteiger partial charge in [-0.05, 0) is 12.1 Å². The van der Waals surface area contributed by atoms with Crippen LogP contribution in [0.3, 0.4) is 0 Å². The number of hydrogen-bond acceptors (Lipinski definition) is 2. The molecule has 80 valence electrons. The highest BCUT2D eigenvalue weighted by Gasteiger charge is 2.34. The van der Waals surface area contributed by atoms with Crippen molar-refractivity contribution < 1.29 is 17.6 Å². The first-order valence-corrected chi connectivity index (χ1v) is 4.29. The maximum atomic E-state index is 12.1. The Balaban J connectivity index is 2.60. The van der Waals surface area contributed by atoms with Gasteiger partial charge in [-0.1, -0.05) is 13.8 Å². The largest absolute Gasteiger partial charge is 0.455 e. The molecule has 1 aromatic heterocycles. The molecule has 0 aliphatic rings. The van der Waals surface area contributed by atoms with Crippen LogP contribution in [0.4, 0.5) is 13.2 Å². The first-order chi connectivity index (χ1) is 6.39. The number of halogens is 3. The fraction of sp³-hybridized carbons (Fsp3) is 0.556. The van der Waals surface area contributed by atoms with Gasteiger partial charge in [-0.3, -0.25) is 0 Å². The average molecular weight is 207 g/mol. The maximum Gasteiger partial charge on any atom is 0.449 e. The molecule has 0 aliphatic carbocycles. The summed E-state index contributed by atoms with van der Waals surface area (Å²) < 4.78 is 40.9. The Bertz CT molecular complexity index is 290. The lowest BCUT2D eigenvalue weighted by atomic mass is 10.3. The minimum Gasteiger partial charge on any atom is -0.455 e. The second-order valence-corrected chi connectivity index (χ2v) is 3.30. The lowest BCUT2D eigenvalue weighted by Gasteiger charge is -2.05. The number of nitrogens with one attached hydrogen (secondary N) is 1. The molecule has 5 heteroatoms. The van der Waals surface area contributed by atoms with Gasteiger partial charge in [0.25, 0.3) is 0 Å². The summed E-state index contributed by atoms with van der Waals surface area (Å²) in [4.78, 5) is 0. The lowest BCUT2D eigenvalue weighted by molar-refractivity contribution is -0.153. The Morgan fingerprint density at radius 3 is 2.43 bits per heavy atom. The highest BCUT2D eigenvalue weighted by atomic mass is 19.4. The van der Waals surface area contributed by atoms with Gasteiger partial charge in [0.05, 0.1) is 6.54 Å². The van der Waals surface area contributed by atoms with Crippen molar-refractivity contribution in [3.05, 3.63) is 23.7 Å². The van der Waals surface area contributed by atoms with E-state index in [4.69, 9.17) is 0 Å². The van der Waals surface area contributed by atoms with Crippen LogP contribution in [0.2, 0.25) is 0 Å². The predicted molar refractivity (Wildman–Crippen MR) is 45.7 cm³/mol. The van der Waals surface area contributed by atoms with Crippen molar-refractivity contribution in [1.29, 1.82) is 0 Å². The van der Waals surface area contributed by atoms with E-state index in [1.54, 1.807) is 0 Å². The second kappa shape index (κ2) is 4.04. The molecule has 0 radical (unpaired) electrons. The van der Waals surface area contributed by atoms with Crippen molar-refractivity contribution >= 4 is 0 Å². The molecule has 0 amide bonds. The number of furan rings is 1. The van der Waals surface area contributed by atoms with Crippen molar-refractivity contribution in [2.75, 3.05) is 0 Å². The van der Waals surface area contributed by atoms with E-state index in [1.807, 2.05) is 13.8 Å². The first-order valence-electron chi connectivity index (χ1n) is 4.29. The maximum absolute atomic E-state index is 12.1. The predicted octanol–water partition coefficient (Wildman–Crippen LogP) is 2.80. The molecule has 0 spiro atoms. The summed E-state index contributed by atoms with van der Waals surface area (Å²) in [5.41, 5.74) is 0. The van der Waals surface area contributed by atoms with Crippen molar-refractivity contribution in [1.82, 2.24) is 5.32 Å². The Morgan fingerprint density at radius 2 is 2.00 bits per heavy atom. The molecule has 0 aliphatic heterocycles. The molecule has 1 N–H and O–H groups in total. The van der Waals surface area contributed by atoms with Crippen molar-refractivity contribution in [2.45, 2.75) is 32.6 Å². The van der Waals surface area contributed by atoms with Crippen molar-refractivity contribution in [2.24, 2.45) is 0 Å². The highest BCUT2D eigenvalue weighted by Crippen LogP contribution is 2.30. The second-order valence-electron chi connectivity index (χ2n) is 3.30. The van der Waals surface area contributed by atoms with Gasteiger partial charge in [0, 0.05) is 6.04 Å². The molecule has 0 bridgehead atoms. The third kappa shape index (κ3) is 3.06. The van der Waals surface area contributed by atoms with E-state index < -0.39 is 11.9 Å². The van der Waals surface area contributed by atoms with E-state index in [-0.39, 0.29) is 6.04 Å². The fourth-order valence-electron chi connectivity index (χ4n) is 0.930. The molecular formula is C9H12F3NO. The number of hydrogen-bond donors (Lipinski definition) is 1.